The molecule has 0 bridgehead atoms. The van der Waals surface area contributed by atoms with Crippen LogP contribution >= 0.6 is 0 Å². The van der Waals surface area contributed by atoms with Gasteiger partial charge in [0.25, 0.3) is 0 Å². The van der Waals surface area contributed by atoms with Crippen molar-refractivity contribution in [3.8, 4) is 0 Å². The van der Waals surface area contributed by atoms with Crippen LogP contribution in [-0.2, 0) is 11.3 Å². The number of fused-ring (bicyclic) bond motifs is 1. The molecule has 0 amide bonds. The summed E-state index contributed by atoms with van der Waals surface area (Å²) >= 11 is 0. The quantitative estimate of drug-likeness (QED) is 0.866. The van der Waals surface area contributed by atoms with Crippen molar-refractivity contribution in [1.82, 2.24) is 14.9 Å². The van der Waals surface area contributed by atoms with E-state index in [9.17, 15) is 0 Å². The van der Waals surface area contributed by atoms with E-state index in [1.807, 2.05) is 19.2 Å². The Morgan fingerprint density at radius 1 is 1.17 bits per heavy atom. The first kappa shape index (κ1) is 14.6. The van der Waals surface area contributed by atoms with Crippen LogP contribution in [0.15, 0.2) is 42.6 Å². The van der Waals surface area contributed by atoms with Crippen molar-refractivity contribution in [1.29, 1.82) is 0 Å². The van der Waals surface area contributed by atoms with Crippen LogP contribution in [0.5, 0.6) is 0 Å². The third-order valence-electron chi connectivity index (χ3n) is 4.71. The lowest BCUT2D eigenvalue weighted by Gasteiger charge is -2.36. The molecule has 2 atom stereocenters. The van der Waals surface area contributed by atoms with Crippen molar-refractivity contribution in [2.75, 3.05) is 31.1 Å². The zero-order valence-electron chi connectivity index (χ0n) is 13.4. The van der Waals surface area contributed by atoms with Crippen molar-refractivity contribution in [2.45, 2.75) is 25.6 Å². The molecule has 2 fully saturated rings. The molecule has 2 saturated heterocycles. The van der Waals surface area contributed by atoms with Crippen LogP contribution < -0.4 is 4.90 Å². The fourth-order valence-corrected chi connectivity index (χ4v) is 3.52. The summed E-state index contributed by atoms with van der Waals surface area (Å²) in [6, 6.07) is 13.0. The van der Waals surface area contributed by atoms with Crippen LogP contribution in [0.3, 0.4) is 0 Å². The van der Waals surface area contributed by atoms with E-state index in [2.05, 4.69) is 50.1 Å². The van der Waals surface area contributed by atoms with Gasteiger partial charge in [0.05, 0.1) is 18.8 Å². The van der Waals surface area contributed by atoms with Crippen molar-refractivity contribution in [3.05, 3.63) is 53.9 Å². The van der Waals surface area contributed by atoms with Crippen LogP contribution in [0.25, 0.3) is 0 Å². The Balaban J connectivity index is 1.50. The maximum Gasteiger partial charge on any atom is 0.225 e. The summed E-state index contributed by atoms with van der Waals surface area (Å²) < 4.78 is 6.01. The van der Waals surface area contributed by atoms with Crippen LogP contribution in [0.1, 0.15) is 11.3 Å². The number of rotatable bonds is 3. The molecule has 2 aliphatic rings. The van der Waals surface area contributed by atoms with Gasteiger partial charge in [0.1, 0.15) is 0 Å². The smallest absolute Gasteiger partial charge is 0.225 e. The highest BCUT2D eigenvalue weighted by Gasteiger charge is 2.40. The molecule has 2 aromatic rings. The molecule has 1 aromatic heterocycles. The highest BCUT2D eigenvalue weighted by molar-refractivity contribution is 5.34. The van der Waals surface area contributed by atoms with E-state index >= 15 is 0 Å². The minimum atomic E-state index is 0.247. The van der Waals surface area contributed by atoms with Gasteiger partial charge in [-0.15, -0.1) is 0 Å². The summed E-state index contributed by atoms with van der Waals surface area (Å²) in [5.74, 6) is 0.822. The van der Waals surface area contributed by atoms with Crippen LogP contribution in [0, 0.1) is 6.92 Å². The Labute approximate surface area is 136 Å². The fourth-order valence-electron chi connectivity index (χ4n) is 3.52. The van der Waals surface area contributed by atoms with E-state index in [0.29, 0.717) is 6.04 Å². The van der Waals surface area contributed by atoms with Gasteiger partial charge in [0.2, 0.25) is 5.95 Å². The van der Waals surface area contributed by atoms with Crippen LogP contribution in [-0.4, -0.2) is 53.3 Å². The maximum atomic E-state index is 6.01. The minimum Gasteiger partial charge on any atom is -0.373 e. The van der Waals surface area contributed by atoms with Crippen LogP contribution in [0.4, 0.5) is 5.95 Å². The van der Waals surface area contributed by atoms with Gasteiger partial charge in [0, 0.05) is 38.1 Å². The molecule has 0 N–H and O–H groups in total. The van der Waals surface area contributed by atoms with Gasteiger partial charge in [-0.3, -0.25) is 4.90 Å². The molecule has 0 unspecified atom stereocenters. The lowest BCUT2D eigenvalue weighted by atomic mass is 10.1. The molecule has 3 heterocycles. The molecule has 0 saturated carbocycles. The fraction of sp³-hybridized carbons (Fsp3) is 0.444. The largest absolute Gasteiger partial charge is 0.373 e. The van der Waals surface area contributed by atoms with Gasteiger partial charge in [-0.1, -0.05) is 30.3 Å². The number of hydrogen-bond donors (Lipinski definition) is 0. The molecule has 5 heteroatoms. The normalized spacial score (nSPS) is 24.7. The Hall–Kier alpha value is -1.98. The summed E-state index contributed by atoms with van der Waals surface area (Å²) in [4.78, 5) is 13.8. The third-order valence-corrected chi connectivity index (χ3v) is 4.71. The molecule has 0 spiro atoms. The molecule has 0 radical (unpaired) electrons. The first-order valence-corrected chi connectivity index (χ1v) is 8.24. The molecule has 23 heavy (non-hydrogen) atoms. The Morgan fingerprint density at radius 3 is 2.87 bits per heavy atom. The number of aromatic nitrogens is 2. The number of hydrogen-bond acceptors (Lipinski definition) is 5. The zero-order chi connectivity index (χ0) is 15.6. The second-order valence-electron chi connectivity index (χ2n) is 6.34. The molecule has 2 aliphatic heterocycles. The average Bonchev–Trinajstić information content (AvgIpc) is 3.01. The summed E-state index contributed by atoms with van der Waals surface area (Å²) in [6.07, 6.45) is 2.08. The number of ether oxygens (including phenoxy) is 1. The molecular formula is C18H22N4O. The van der Waals surface area contributed by atoms with E-state index in [0.717, 1.165) is 44.4 Å². The monoisotopic (exact) mass is 310 g/mol. The molecule has 1 aromatic carbocycles. The summed E-state index contributed by atoms with van der Waals surface area (Å²) in [6.45, 7) is 6.58. The zero-order valence-corrected chi connectivity index (χ0v) is 13.4. The third kappa shape index (κ3) is 3.07. The molecular weight excluding hydrogens is 288 g/mol. The van der Waals surface area contributed by atoms with Crippen molar-refractivity contribution < 1.29 is 4.74 Å². The Bertz CT molecular complexity index is 663. The second kappa shape index (κ2) is 6.26. The van der Waals surface area contributed by atoms with E-state index in [-0.39, 0.29) is 6.10 Å². The summed E-state index contributed by atoms with van der Waals surface area (Å²) in [7, 11) is 0. The number of benzene rings is 1. The van der Waals surface area contributed by atoms with E-state index in [1.54, 1.807) is 0 Å². The summed E-state index contributed by atoms with van der Waals surface area (Å²) in [5, 5.41) is 0. The molecule has 0 aliphatic carbocycles. The van der Waals surface area contributed by atoms with E-state index in [4.69, 9.17) is 4.74 Å². The highest BCUT2D eigenvalue weighted by atomic mass is 16.5. The van der Waals surface area contributed by atoms with Gasteiger partial charge in [-0.25, -0.2) is 9.97 Å². The number of anilines is 1. The van der Waals surface area contributed by atoms with Crippen molar-refractivity contribution in [3.63, 3.8) is 0 Å². The lowest BCUT2D eigenvalue weighted by molar-refractivity contribution is -0.0499. The topological polar surface area (TPSA) is 41.5 Å². The predicted molar refractivity (Wildman–Crippen MR) is 89.4 cm³/mol. The van der Waals surface area contributed by atoms with E-state index in [1.165, 1.54) is 5.56 Å². The highest BCUT2D eigenvalue weighted by Crippen LogP contribution is 2.26. The van der Waals surface area contributed by atoms with Gasteiger partial charge in [0.15, 0.2) is 0 Å². The van der Waals surface area contributed by atoms with Gasteiger partial charge < -0.3 is 9.64 Å². The van der Waals surface area contributed by atoms with Gasteiger partial charge in [-0.05, 0) is 18.6 Å². The minimum absolute atomic E-state index is 0.247. The predicted octanol–water partition coefficient (Wildman–Crippen LogP) is 1.87. The second-order valence-corrected chi connectivity index (χ2v) is 6.34. The molecule has 5 nitrogen and oxygen atoms in total. The standard InChI is InChI=1S/C18H22N4O/c1-14-7-8-19-18(20-14)22-12-16-17(13-22)23-10-9-21(16)11-15-5-3-2-4-6-15/h2-8,16-17H,9-13H2,1H3/t16-,17-/m0/s1. The first-order chi connectivity index (χ1) is 11.3. The van der Waals surface area contributed by atoms with Crippen molar-refractivity contribution in [2.24, 2.45) is 0 Å². The van der Waals surface area contributed by atoms with Crippen LogP contribution in [0.2, 0.25) is 0 Å². The van der Waals surface area contributed by atoms with Gasteiger partial charge in [-0.2, -0.15) is 0 Å². The Morgan fingerprint density at radius 2 is 2.04 bits per heavy atom. The average molecular weight is 310 g/mol. The number of morpholine rings is 1. The summed E-state index contributed by atoms with van der Waals surface area (Å²) in [5.41, 5.74) is 2.37. The Kier molecular flexibility index (Phi) is 3.97. The maximum absolute atomic E-state index is 6.01. The molecule has 4 rings (SSSR count). The SMILES string of the molecule is Cc1ccnc(N2C[C@@H]3OCCN(Cc4ccccc4)[C@H]3C2)n1. The van der Waals surface area contributed by atoms with Crippen molar-refractivity contribution >= 4 is 5.95 Å². The van der Waals surface area contributed by atoms with Gasteiger partial charge >= 0.3 is 0 Å². The first-order valence-electron chi connectivity index (χ1n) is 8.24. The number of aryl methyl sites for hydroxylation is 1. The lowest BCUT2D eigenvalue weighted by Crippen LogP contribution is -2.50. The number of nitrogens with zero attached hydrogens (tertiary/aromatic N) is 4. The van der Waals surface area contributed by atoms with E-state index < -0.39 is 0 Å². The molecule has 120 valence electrons.